The van der Waals surface area contributed by atoms with E-state index in [1.54, 1.807) is 12.1 Å². The fraction of sp³-hybridized carbons (Fsp3) is 0.350. The van der Waals surface area contributed by atoms with Crippen LogP contribution in [0.1, 0.15) is 48.5 Å². The monoisotopic (exact) mass is 390 g/mol. The number of amides is 1. The summed E-state index contributed by atoms with van der Waals surface area (Å²) in [6.07, 6.45) is 1.61. The number of carbonyl (C=O) groups excluding carboxylic acids is 1. The molecule has 0 spiro atoms. The number of halogens is 1. The second kappa shape index (κ2) is 7.78. The molecule has 1 heterocycles. The van der Waals surface area contributed by atoms with E-state index in [0.29, 0.717) is 24.7 Å². The summed E-state index contributed by atoms with van der Waals surface area (Å²) in [6.45, 7) is 5.03. The molecule has 1 saturated heterocycles. The fourth-order valence-corrected chi connectivity index (χ4v) is 4.61. The van der Waals surface area contributed by atoms with Crippen molar-refractivity contribution < 1.29 is 17.6 Å². The minimum Gasteiger partial charge on any atom is -0.322 e. The van der Waals surface area contributed by atoms with Gasteiger partial charge in [0.25, 0.3) is 5.91 Å². The Morgan fingerprint density at radius 1 is 1.07 bits per heavy atom. The van der Waals surface area contributed by atoms with Crippen molar-refractivity contribution in [3.63, 3.8) is 0 Å². The van der Waals surface area contributed by atoms with Crippen LogP contribution in [-0.2, 0) is 10.0 Å². The van der Waals surface area contributed by atoms with Gasteiger partial charge in [0.1, 0.15) is 5.82 Å². The number of nitrogens with one attached hydrogen (secondary N) is 1. The van der Waals surface area contributed by atoms with Gasteiger partial charge in [0.15, 0.2) is 0 Å². The highest BCUT2D eigenvalue weighted by Gasteiger charge is 2.28. The summed E-state index contributed by atoms with van der Waals surface area (Å²) in [4.78, 5) is 12.4. The molecule has 1 aliphatic rings. The van der Waals surface area contributed by atoms with Gasteiger partial charge < -0.3 is 5.32 Å². The Kier molecular flexibility index (Phi) is 5.62. The van der Waals surface area contributed by atoms with E-state index in [0.717, 1.165) is 30.5 Å². The summed E-state index contributed by atoms with van der Waals surface area (Å²) < 4.78 is 40.9. The third-order valence-electron chi connectivity index (χ3n) is 4.72. The third-order valence-corrected chi connectivity index (χ3v) is 6.62. The minimum atomic E-state index is -3.71. The second-order valence-corrected chi connectivity index (χ2v) is 8.92. The van der Waals surface area contributed by atoms with E-state index < -0.39 is 21.7 Å². The van der Waals surface area contributed by atoms with Gasteiger partial charge in [-0.15, -0.1) is 0 Å². The molecule has 1 amide bonds. The maximum Gasteiger partial charge on any atom is 0.258 e. The van der Waals surface area contributed by atoms with Crippen molar-refractivity contribution in [3.05, 3.63) is 59.4 Å². The number of carbonyl (C=O) groups is 1. The van der Waals surface area contributed by atoms with Crippen molar-refractivity contribution in [2.75, 3.05) is 18.4 Å². The molecule has 1 fully saturated rings. The first-order valence-electron chi connectivity index (χ1n) is 9.00. The van der Waals surface area contributed by atoms with Crippen LogP contribution >= 0.6 is 0 Å². The van der Waals surface area contributed by atoms with Gasteiger partial charge in [-0.2, -0.15) is 4.31 Å². The summed E-state index contributed by atoms with van der Waals surface area (Å²) in [6, 6.07) is 10.6. The van der Waals surface area contributed by atoms with E-state index in [9.17, 15) is 17.6 Å². The van der Waals surface area contributed by atoms with Crippen molar-refractivity contribution in [1.82, 2.24) is 4.31 Å². The van der Waals surface area contributed by atoms with Gasteiger partial charge in [-0.3, -0.25) is 4.79 Å². The van der Waals surface area contributed by atoms with Gasteiger partial charge in [-0.25, -0.2) is 12.8 Å². The Morgan fingerprint density at radius 3 is 2.30 bits per heavy atom. The predicted molar refractivity (Wildman–Crippen MR) is 103 cm³/mol. The van der Waals surface area contributed by atoms with Crippen LogP contribution < -0.4 is 5.32 Å². The topological polar surface area (TPSA) is 66.5 Å². The average Bonchev–Trinajstić information content (AvgIpc) is 3.18. The zero-order valence-corrected chi connectivity index (χ0v) is 16.2. The molecule has 7 heteroatoms. The smallest absolute Gasteiger partial charge is 0.258 e. The molecule has 27 heavy (non-hydrogen) atoms. The van der Waals surface area contributed by atoms with Gasteiger partial charge in [0.05, 0.1) is 10.5 Å². The number of rotatable bonds is 5. The normalized spacial score (nSPS) is 15.3. The molecule has 0 radical (unpaired) electrons. The van der Waals surface area contributed by atoms with E-state index in [2.05, 4.69) is 19.2 Å². The second-order valence-electron chi connectivity index (χ2n) is 6.98. The molecule has 5 nitrogen and oxygen atoms in total. The average molecular weight is 390 g/mol. The van der Waals surface area contributed by atoms with E-state index >= 15 is 0 Å². The van der Waals surface area contributed by atoms with Crippen molar-refractivity contribution in [1.29, 1.82) is 0 Å². The highest BCUT2D eigenvalue weighted by molar-refractivity contribution is 7.89. The van der Waals surface area contributed by atoms with Crippen LogP contribution in [0.15, 0.2) is 47.4 Å². The molecule has 0 unspecified atom stereocenters. The molecule has 0 saturated carbocycles. The lowest BCUT2D eigenvalue weighted by Gasteiger charge is -2.16. The van der Waals surface area contributed by atoms with Gasteiger partial charge in [-0.05, 0) is 54.7 Å². The summed E-state index contributed by atoms with van der Waals surface area (Å²) in [5, 5.41) is 2.63. The van der Waals surface area contributed by atoms with Crippen molar-refractivity contribution in [2.45, 2.75) is 37.5 Å². The first-order valence-corrected chi connectivity index (χ1v) is 10.4. The zero-order valence-electron chi connectivity index (χ0n) is 15.4. The Bertz CT molecular complexity index is 934. The molecule has 3 rings (SSSR count). The third kappa shape index (κ3) is 4.20. The Morgan fingerprint density at radius 2 is 1.70 bits per heavy atom. The van der Waals surface area contributed by atoms with E-state index in [4.69, 9.17) is 0 Å². The van der Waals surface area contributed by atoms with Crippen LogP contribution in [0, 0.1) is 5.82 Å². The summed E-state index contributed by atoms with van der Waals surface area (Å²) in [5.41, 5.74) is 1.36. The van der Waals surface area contributed by atoms with Crippen LogP contribution in [0.25, 0.3) is 0 Å². The van der Waals surface area contributed by atoms with Crippen LogP contribution in [0.2, 0.25) is 0 Å². The largest absolute Gasteiger partial charge is 0.322 e. The highest BCUT2D eigenvalue weighted by atomic mass is 32.2. The predicted octanol–water partition coefficient (Wildman–Crippen LogP) is 3.99. The number of benzene rings is 2. The zero-order chi connectivity index (χ0) is 19.6. The van der Waals surface area contributed by atoms with Crippen LogP contribution in [-0.4, -0.2) is 31.7 Å². The number of hydrogen-bond donors (Lipinski definition) is 1. The van der Waals surface area contributed by atoms with E-state index in [1.165, 1.54) is 10.4 Å². The molecular weight excluding hydrogens is 367 g/mol. The number of nitrogens with zero attached hydrogens (tertiary/aromatic N) is 1. The van der Waals surface area contributed by atoms with Gasteiger partial charge in [0, 0.05) is 18.8 Å². The van der Waals surface area contributed by atoms with Crippen LogP contribution in [0.4, 0.5) is 10.1 Å². The molecule has 0 atom stereocenters. The standard InChI is InChI=1S/C20H23FN2O3S/c1-14(2)15-5-7-16(8-6-15)22-20(24)18-13-17(9-10-19(18)21)27(25,26)23-11-3-4-12-23/h5-10,13-14H,3-4,11-12H2,1-2H3,(H,22,24). The lowest BCUT2D eigenvalue weighted by atomic mass is 10.0. The maximum absolute atomic E-state index is 14.2. The fourth-order valence-electron chi connectivity index (χ4n) is 3.07. The molecular formula is C20H23FN2O3S. The minimum absolute atomic E-state index is 0.0638. The number of hydrogen-bond acceptors (Lipinski definition) is 3. The number of anilines is 1. The summed E-state index contributed by atoms with van der Waals surface area (Å²) in [7, 11) is -3.71. The summed E-state index contributed by atoms with van der Waals surface area (Å²) >= 11 is 0. The number of sulfonamides is 1. The quantitative estimate of drug-likeness (QED) is 0.840. The lowest BCUT2D eigenvalue weighted by molar-refractivity contribution is 0.102. The van der Waals surface area contributed by atoms with Gasteiger partial charge in [0.2, 0.25) is 10.0 Å². The SMILES string of the molecule is CC(C)c1ccc(NC(=O)c2cc(S(=O)(=O)N3CCCC3)ccc2F)cc1. The maximum atomic E-state index is 14.2. The Balaban J connectivity index is 1.84. The summed E-state index contributed by atoms with van der Waals surface area (Å²) in [5.74, 6) is -1.07. The molecule has 2 aromatic rings. The van der Waals surface area contributed by atoms with Crippen molar-refractivity contribution >= 4 is 21.6 Å². The van der Waals surface area contributed by atoms with Gasteiger partial charge >= 0.3 is 0 Å². The molecule has 1 N–H and O–H groups in total. The van der Waals surface area contributed by atoms with Crippen molar-refractivity contribution in [3.8, 4) is 0 Å². The molecule has 1 aliphatic heterocycles. The van der Waals surface area contributed by atoms with E-state index in [1.807, 2.05) is 12.1 Å². The molecule has 2 aromatic carbocycles. The highest BCUT2D eigenvalue weighted by Crippen LogP contribution is 2.24. The van der Waals surface area contributed by atoms with Crippen molar-refractivity contribution in [2.24, 2.45) is 0 Å². The van der Waals surface area contributed by atoms with Crippen LogP contribution in [0.3, 0.4) is 0 Å². The lowest BCUT2D eigenvalue weighted by Crippen LogP contribution is -2.28. The first-order chi connectivity index (χ1) is 12.8. The molecule has 0 aromatic heterocycles. The van der Waals surface area contributed by atoms with E-state index in [-0.39, 0.29) is 10.5 Å². The molecule has 144 valence electrons. The Labute approximate surface area is 159 Å². The Hall–Kier alpha value is -2.25. The first kappa shape index (κ1) is 19.5. The molecule has 0 aliphatic carbocycles. The van der Waals surface area contributed by atoms with Crippen LogP contribution in [0.5, 0.6) is 0 Å². The van der Waals surface area contributed by atoms with Gasteiger partial charge in [-0.1, -0.05) is 26.0 Å². The molecule has 0 bridgehead atoms.